The molecule has 0 fully saturated rings. The Morgan fingerprint density at radius 3 is 2.71 bits per heavy atom. The Labute approximate surface area is 124 Å². The van der Waals surface area contributed by atoms with Crippen molar-refractivity contribution in [1.82, 2.24) is 10.5 Å². The van der Waals surface area contributed by atoms with E-state index in [1.54, 1.807) is 0 Å². The van der Waals surface area contributed by atoms with Crippen molar-refractivity contribution in [2.24, 2.45) is 0 Å². The van der Waals surface area contributed by atoms with Crippen molar-refractivity contribution in [2.75, 3.05) is 6.61 Å². The standard InChI is InChI=1S/C16H20N2O3/c1-12-15(13(2)21-18-12)11-17-16(19)9-6-10-20-14-7-4-3-5-8-14/h3-5,7-8H,6,9-11H2,1-2H3,(H,17,19). The van der Waals surface area contributed by atoms with E-state index in [0.29, 0.717) is 26.0 Å². The third-order valence-corrected chi connectivity index (χ3v) is 3.20. The molecule has 5 nitrogen and oxygen atoms in total. The number of benzene rings is 1. The van der Waals surface area contributed by atoms with Crippen LogP contribution in [0.3, 0.4) is 0 Å². The van der Waals surface area contributed by atoms with Gasteiger partial charge < -0.3 is 14.6 Å². The number of amides is 1. The summed E-state index contributed by atoms with van der Waals surface area (Å²) in [6, 6.07) is 9.58. The molecule has 0 aliphatic heterocycles. The SMILES string of the molecule is Cc1noc(C)c1CNC(=O)CCCOc1ccccc1. The molecule has 0 saturated carbocycles. The third kappa shape index (κ3) is 4.63. The van der Waals surface area contributed by atoms with E-state index in [0.717, 1.165) is 22.8 Å². The number of para-hydroxylation sites is 1. The summed E-state index contributed by atoms with van der Waals surface area (Å²) < 4.78 is 10.6. The van der Waals surface area contributed by atoms with Crippen LogP contribution < -0.4 is 10.1 Å². The van der Waals surface area contributed by atoms with E-state index < -0.39 is 0 Å². The van der Waals surface area contributed by atoms with Crippen LogP contribution >= 0.6 is 0 Å². The first-order valence-corrected chi connectivity index (χ1v) is 7.03. The van der Waals surface area contributed by atoms with Gasteiger partial charge in [-0.1, -0.05) is 23.4 Å². The Morgan fingerprint density at radius 1 is 1.29 bits per heavy atom. The molecule has 0 atom stereocenters. The van der Waals surface area contributed by atoms with E-state index in [9.17, 15) is 4.79 Å². The summed E-state index contributed by atoms with van der Waals surface area (Å²) in [6.07, 6.45) is 1.12. The van der Waals surface area contributed by atoms with E-state index in [-0.39, 0.29) is 5.91 Å². The molecular weight excluding hydrogens is 268 g/mol. The molecule has 21 heavy (non-hydrogen) atoms. The number of carbonyl (C=O) groups excluding carboxylic acids is 1. The van der Waals surface area contributed by atoms with Gasteiger partial charge in [-0.05, 0) is 32.4 Å². The highest BCUT2D eigenvalue weighted by molar-refractivity contribution is 5.75. The summed E-state index contributed by atoms with van der Waals surface area (Å²) >= 11 is 0. The number of ether oxygens (including phenoxy) is 1. The van der Waals surface area contributed by atoms with Gasteiger partial charge in [0, 0.05) is 18.5 Å². The van der Waals surface area contributed by atoms with Crippen molar-refractivity contribution in [3.8, 4) is 5.75 Å². The summed E-state index contributed by atoms with van der Waals surface area (Å²) in [6.45, 7) is 4.70. The van der Waals surface area contributed by atoms with Crippen LogP contribution in [0.5, 0.6) is 5.75 Å². The average molecular weight is 288 g/mol. The van der Waals surface area contributed by atoms with Crippen molar-refractivity contribution in [2.45, 2.75) is 33.2 Å². The minimum Gasteiger partial charge on any atom is -0.494 e. The number of aryl methyl sites for hydroxylation is 2. The lowest BCUT2D eigenvalue weighted by Crippen LogP contribution is -2.23. The molecule has 0 unspecified atom stereocenters. The number of aromatic nitrogens is 1. The van der Waals surface area contributed by atoms with Gasteiger partial charge >= 0.3 is 0 Å². The molecule has 0 spiro atoms. The number of nitrogens with one attached hydrogen (secondary N) is 1. The normalized spacial score (nSPS) is 10.4. The van der Waals surface area contributed by atoms with Crippen LogP contribution in [0.15, 0.2) is 34.9 Å². The first kappa shape index (κ1) is 15.1. The van der Waals surface area contributed by atoms with Crippen molar-refractivity contribution in [3.05, 3.63) is 47.3 Å². The van der Waals surface area contributed by atoms with E-state index in [1.165, 1.54) is 0 Å². The van der Waals surface area contributed by atoms with Gasteiger partial charge in [-0.15, -0.1) is 0 Å². The summed E-state index contributed by atoms with van der Waals surface area (Å²) in [5, 5.41) is 6.73. The Hall–Kier alpha value is -2.30. The minimum atomic E-state index is 0.00617. The number of hydrogen-bond acceptors (Lipinski definition) is 4. The monoisotopic (exact) mass is 288 g/mol. The maximum atomic E-state index is 11.8. The summed E-state index contributed by atoms with van der Waals surface area (Å²) in [7, 11) is 0. The first-order chi connectivity index (χ1) is 10.2. The quantitative estimate of drug-likeness (QED) is 0.796. The van der Waals surface area contributed by atoms with Gasteiger partial charge in [0.05, 0.1) is 12.3 Å². The van der Waals surface area contributed by atoms with Crippen LogP contribution in [0, 0.1) is 13.8 Å². The Kier molecular flexibility index (Phi) is 5.37. The van der Waals surface area contributed by atoms with Gasteiger partial charge in [-0.3, -0.25) is 4.79 Å². The highest BCUT2D eigenvalue weighted by Gasteiger charge is 2.10. The van der Waals surface area contributed by atoms with Crippen LogP contribution in [0.25, 0.3) is 0 Å². The second-order valence-electron chi connectivity index (χ2n) is 4.84. The van der Waals surface area contributed by atoms with Crippen molar-refractivity contribution in [3.63, 3.8) is 0 Å². The molecule has 1 amide bonds. The molecule has 0 radical (unpaired) electrons. The lowest BCUT2D eigenvalue weighted by Gasteiger charge is -2.07. The molecule has 2 aromatic rings. The van der Waals surface area contributed by atoms with Crippen LogP contribution in [0.4, 0.5) is 0 Å². The number of nitrogens with zero attached hydrogens (tertiary/aromatic N) is 1. The van der Waals surface area contributed by atoms with E-state index >= 15 is 0 Å². The van der Waals surface area contributed by atoms with Gasteiger partial charge in [-0.2, -0.15) is 0 Å². The predicted octanol–water partition coefficient (Wildman–Crippen LogP) is 2.77. The average Bonchev–Trinajstić information content (AvgIpc) is 2.81. The molecule has 0 aliphatic carbocycles. The van der Waals surface area contributed by atoms with Crippen molar-refractivity contribution in [1.29, 1.82) is 0 Å². The van der Waals surface area contributed by atoms with Crippen molar-refractivity contribution >= 4 is 5.91 Å². The van der Waals surface area contributed by atoms with Crippen LogP contribution in [0.1, 0.15) is 29.9 Å². The van der Waals surface area contributed by atoms with Gasteiger partial charge in [0.15, 0.2) is 0 Å². The summed E-state index contributed by atoms with van der Waals surface area (Å²) in [5.74, 6) is 1.58. The fourth-order valence-corrected chi connectivity index (χ4v) is 1.97. The fourth-order valence-electron chi connectivity index (χ4n) is 1.97. The highest BCUT2D eigenvalue weighted by atomic mass is 16.5. The second kappa shape index (κ2) is 7.47. The summed E-state index contributed by atoms with van der Waals surface area (Å²) in [4.78, 5) is 11.8. The number of carbonyl (C=O) groups is 1. The lowest BCUT2D eigenvalue weighted by molar-refractivity contribution is -0.121. The summed E-state index contributed by atoms with van der Waals surface area (Å²) in [5.41, 5.74) is 1.77. The Balaban J connectivity index is 1.64. The zero-order chi connectivity index (χ0) is 15.1. The predicted molar refractivity (Wildman–Crippen MR) is 79.0 cm³/mol. The molecule has 0 saturated heterocycles. The number of hydrogen-bond donors (Lipinski definition) is 1. The van der Waals surface area contributed by atoms with Gasteiger partial charge in [0.2, 0.25) is 5.91 Å². The maximum absolute atomic E-state index is 11.8. The van der Waals surface area contributed by atoms with Gasteiger partial charge in [-0.25, -0.2) is 0 Å². The molecule has 2 rings (SSSR count). The lowest BCUT2D eigenvalue weighted by atomic mass is 10.2. The number of rotatable bonds is 7. The van der Waals surface area contributed by atoms with E-state index in [1.807, 2.05) is 44.2 Å². The molecular formula is C16H20N2O3. The van der Waals surface area contributed by atoms with Crippen LogP contribution in [-0.4, -0.2) is 17.7 Å². The molecule has 1 N–H and O–H groups in total. The molecule has 1 heterocycles. The van der Waals surface area contributed by atoms with Gasteiger partial charge in [0.25, 0.3) is 0 Å². The van der Waals surface area contributed by atoms with Crippen molar-refractivity contribution < 1.29 is 14.1 Å². The largest absolute Gasteiger partial charge is 0.494 e. The zero-order valence-corrected chi connectivity index (χ0v) is 12.4. The van der Waals surface area contributed by atoms with E-state index in [2.05, 4.69) is 10.5 Å². The maximum Gasteiger partial charge on any atom is 0.220 e. The Morgan fingerprint density at radius 2 is 2.05 bits per heavy atom. The van der Waals surface area contributed by atoms with Crippen LogP contribution in [-0.2, 0) is 11.3 Å². The van der Waals surface area contributed by atoms with Gasteiger partial charge in [0.1, 0.15) is 11.5 Å². The highest BCUT2D eigenvalue weighted by Crippen LogP contribution is 2.12. The molecule has 1 aromatic carbocycles. The first-order valence-electron chi connectivity index (χ1n) is 7.03. The molecule has 0 bridgehead atoms. The second-order valence-corrected chi connectivity index (χ2v) is 4.84. The minimum absolute atomic E-state index is 0.00617. The smallest absolute Gasteiger partial charge is 0.220 e. The molecule has 5 heteroatoms. The van der Waals surface area contributed by atoms with Crippen LogP contribution in [0.2, 0.25) is 0 Å². The third-order valence-electron chi connectivity index (χ3n) is 3.20. The van der Waals surface area contributed by atoms with E-state index in [4.69, 9.17) is 9.26 Å². The molecule has 0 aliphatic rings. The molecule has 112 valence electrons. The molecule has 1 aromatic heterocycles. The topological polar surface area (TPSA) is 64.4 Å². The Bertz CT molecular complexity index is 559. The zero-order valence-electron chi connectivity index (χ0n) is 12.4. The fraction of sp³-hybridized carbons (Fsp3) is 0.375.